The van der Waals surface area contributed by atoms with Crippen LogP contribution in [0.25, 0.3) is 0 Å². The van der Waals surface area contributed by atoms with Gasteiger partial charge in [0.05, 0.1) is 26.2 Å². The maximum atomic E-state index is 17.2. The van der Waals surface area contributed by atoms with Crippen LogP contribution in [-0.2, 0) is 57.5 Å². The fourth-order valence-corrected chi connectivity index (χ4v) is 15.9. The number of unbranched alkanes of at least 4 members (excludes halogenated alkanes) is 1. The van der Waals surface area contributed by atoms with Gasteiger partial charge in [0.15, 0.2) is 11.4 Å². The number of hydrogen-bond donors (Lipinski definition) is 17. The van der Waals surface area contributed by atoms with Crippen molar-refractivity contribution < 1.29 is 112 Å². The van der Waals surface area contributed by atoms with Crippen LogP contribution in [0.3, 0.4) is 0 Å². The maximum Gasteiger partial charge on any atom is 0.326 e. The number of nitrogens with zero attached hydrogens (tertiary/aromatic N) is 4. The van der Waals surface area contributed by atoms with Gasteiger partial charge >= 0.3 is 41.8 Å². The van der Waals surface area contributed by atoms with Crippen LogP contribution in [0.1, 0.15) is 129 Å². The number of aliphatic carboxylic acids is 7. The number of hydrogen-bond acceptors (Lipinski definition) is 20. The van der Waals surface area contributed by atoms with Crippen molar-refractivity contribution >= 4 is 108 Å². The molecule has 1 saturated heterocycles. The molecule has 0 bridgehead atoms. The van der Waals surface area contributed by atoms with Crippen LogP contribution in [0.2, 0.25) is 10.1 Å². The largest absolute Gasteiger partial charge is 0.481 e. The van der Waals surface area contributed by atoms with Crippen LogP contribution in [0.5, 0.6) is 0 Å². The lowest BCUT2D eigenvalue weighted by Crippen LogP contribution is -2.58. The van der Waals surface area contributed by atoms with E-state index in [0.717, 1.165) is 0 Å². The number of carboxylic acids is 7. The topological polar surface area (TPSA) is 513 Å². The average Bonchev–Trinajstić information content (AvgIpc) is 0.749. The molecular formula is C61H99FN12O22SSi. The third-order valence-corrected chi connectivity index (χ3v) is 21.5. The van der Waals surface area contributed by atoms with Gasteiger partial charge in [0.25, 0.3) is 14.3 Å². The first-order chi connectivity index (χ1) is 45.7. The van der Waals surface area contributed by atoms with E-state index in [1.54, 1.807) is 31.7 Å². The number of aliphatic hydroxyl groups excluding tert-OH is 1. The third-order valence-electron chi connectivity index (χ3n) is 16.0. The molecule has 37 heteroatoms. The zero-order valence-corrected chi connectivity index (χ0v) is 58.1. The van der Waals surface area contributed by atoms with Gasteiger partial charge in [0.1, 0.15) is 24.2 Å². The van der Waals surface area contributed by atoms with Crippen molar-refractivity contribution in [3.05, 3.63) is 29.8 Å². The van der Waals surface area contributed by atoms with Crippen molar-refractivity contribution in [1.29, 1.82) is 0 Å². The van der Waals surface area contributed by atoms with Crippen molar-refractivity contribution in [2.24, 2.45) is 0 Å². The van der Waals surface area contributed by atoms with Crippen LogP contribution in [-0.4, -0.2) is 291 Å². The fraction of sp³-hybridized carbons (Fsp3) is 0.672. The fourth-order valence-electron chi connectivity index (χ4n) is 11.0. The summed E-state index contributed by atoms with van der Waals surface area (Å²) in [5.74, 6) is -13.3. The zero-order valence-electron chi connectivity index (χ0n) is 56.3. The van der Waals surface area contributed by atoms with E-state index in [1.165, 1.54) is 12.1 Å². The van der Waals surface area contributed by atoms with E-state index in [2.05, 4.69) is 42.5 Å². The monoisotopic (exact) mass is 1430 g/mol. The third kappa shape index (κ3) is 33.5. The minimum absolute atomic E-state index is 0.0490. The van der Waals surface area contributed by atoms with E-state index in [1.807, 2.05) is 41.5 Å². The van der Waals surface area contributed by atoms with E-state index in [-0.39, 0.29) is 123 Å². The van der Waals surface area contributed by atoms with Gasteiger partial charge in [-0.3, -0.25) is 67.5 Å². The molecular weight excluding hydrogens is 1330 g/mol. The molecule has 0 unspecified atom stereocenters. The number of amides is 6. The molecule has 5 atom stereocenters. The van der Waals surface area contributed by atoms with E-state index < -0.39 is 189 Å². The Kier molecular flexibility index (Phi) is 37.5. The predicted octanol–water partition coefficient (Wildman–Crippen LogP) is -2.17. The predicted molar refractivity (Wildman–Crippen MR) is 356 cm³/mol. The molecule has 6 amide bonds. The SMILES string of the molecule is CC(C)(C)[Si](F)(c1ccc(C(=O)NC[C@@H](NC(=O)CN2CCN(CC(=O)O)CCN(CC(=O)O)CCN(CC(=O)O)CC2)C(=O)N[C@H](CCCCNC(=O)CCC(=O)NCCC[C@@H](NC(=O)CC[C@H](NC(=S)N[C@@H](CCC(=O)O)C(=O)O)C(=O)O)C(=O)O)CC(O)O)cc1)C(C)(C)C. The van der Waals surface area contributed by atoms with Gasteiger partial charge in [-0.2, -0.15) is 0 Å². The molecule has 552 valence electrons. The van der Waals surface area contributed by atoms with Gasteiger partial charge in [-0.1, -0.05) is 53.7 Å². The molecule has 0 spiro atoms. The number of carbonyl (C=O) groups excluding carboxylic acids is 6. The lowest BCUT2D eigenvalue weighted by atomic mass is 10.0. The minimum atomic E-state index is -3.73. The van der Waals surface area contributed by atoms with Crippen LogP contribution in [0, 0.1) is 0 Å². The number of thiocarbonyl (C=S) groups is 1. The van der Waals surface area contributed by atoms with Crippen molar-refractivity contribution in [3.8, 4) is 0 Å². The smallest absolute Gasteiger partial charge is 0.326 e. The van der Waals surface area contributed by atoms with Gasteiger partial charge in [0, 0.05) is 116 Å². The lowest BCUT2D eigenvalue weighted by molar-refractivity contribution is -0.142. The second kappa shape index (κ2) is 42.7. The molecule has 1 aromatic carbocycles. The molecule has 98 heavy (non-hydrogen) atoms. The number of aliphatic hydroxyl groups is 2. The minimum Gasteiger partial charge on any atom is -0.481 e. The molecule has 1 aromatic rings. The Bertz CT molecular complexity index is 2840. The van der Waals surface area contributed by atoms with Gasteiger partial charge in [-0.15, -0.1) is 0 Å². The Labute approximate surface area is 573 Å². The molecule has 0 aromatic heterocycles. The summed E-state index contributed by atoms with van der Waals surface area (Å²) in [6.45, 7) is 9.57. The van der Waals surface area contributed by atoms with E-state index in [4.69, 9.17) is 17.3 Å². The Morgan fingerprint density at radius 2 is 0.878 bits per heavy atom. The Balaban J connectivity index is 2.13. The molecule has 0 aliphatic carbocycles. The molecule has 17 N–H and O–H groups in total. The molecule has 1 aliphatic rings. The number of halogens is 1. The first kappa shape index (κ1) is 86.0. The highest BCUT2D eigenvalue weighted by molar-refractivity contribution is 7.80. The Morgan fingerprint density at radius 3 is 1.29 bits per heavy atom. The van der Waals surface area contributed by atoms with Crippen molar-refractivity contribution in [1.82, 2.24) is 62.1 Å². The normalized spacial score (nSPS) is 15.6. The summed E-state index contributed by atoms with van der Waals surface area (Å²) in [5, 5.41) is 105. The molecule has 1 aliphatic heterocycles. The highest BCUT2D eigenvalue weighted by Gasteiger charge is 2.56. The quantitative estimate of drug-likeness (QED) is 0.0109. The van der Waals surface area contributed by atoms with Crippen molar-refractivity contribution in [2.45, 2.75) is 165 Å². The summed E-state index contributed by atoms with van der Waals surface area (Å²) in [5.41, 5.74) is 0.110. The maximum absolute atomic E-state index is 17.2. The summed E-state index contributed by atoms with van der Waals surface area (Å²) in [4.78, 5) is 168. The molecule has 0 radical (unpaired) electrons. The van der Waals surface area contributed by atoms with Crippen molar-refractivity contribution in [3.63, 3.8) is 0 Å². The van der Waals surface area contributed by atoms with Gasteiger partial charge in [0.2, 0.25) is 29.5 Å². The zero-order chi connectivity index (χ0) is 74.1. The first-order valence-electron chi connectivity index (χ1n) is 32.1. The van der Waals surface area contributed by atoms with Crippen LogP contribution in [0.4, 0.5) is 4.11 Å². The summed E-state index contributed by atoms with van der Waals surface area (Å²) < 4.78 is 17.2. The number of rotatable bonds is 41. The van der Waals surface area contributed by atoms with E-state index in [0.29, 0.717) is 11.6 Å². The van der Waals surface area contributed by atoms with E-state index in [9.17, 15) is 103 Å². The molecule has 34 nitrogen and oxygen atoms in total. The summed E-state index contributed by atoms with van der Waals surface area (Å²) in [6.07, 6.45) is -4.14. The molecule has 2 rings (SSSR count). The van der Waals surface area contributed by atoms with E-state index >= 15 is 4.11 Å². The summed E-state index contributed by atoms with van der Waals surface area (Å²) in [6, 6.07) is -0.865. The first-order valence-corrected chi connectivity index (χ1v) is 34.4. The van der Waals surface area contributed by atoms with Crippen LogP contribution < -0.4 is 47.7 Å². The average molecular weight is 1430 g/mol. The van der Waals surface area contributed by atoms with Crippen molar-refractivity contribution in [2.75, 3.05) is 98.2 Å². The molecule has 1 fully saturated rings. The van der Waals surface area contributed by atoms with Crippen LogP contribution >= 0.6 is 12.2 Å². The number of nitrogens with one attached hydrogen (secondary N) is 8. The number of carbonyl (C=O) groups is 13. The second-order valence-corrected chi connectivity index (χ2v) is 31.2. The van der Waals surface area contributed by atoms with Gasteiger partial charge in [-0.05, 0) is 84.6 Å². The standard InChI is InChI=1S/C61H99FN12O22SSi/c1-60(2,3)98(62,61(4,5)6)40-14-12-38(13-15-40)54(89)65-33-44(68-48(78)34-71-24-26-72(35-51(83)84)28-30-74(37-53(87)88)31-29-73(27-25-71)36-52(85)86)55(90)66-39(32-50(81)82)10-7-8-22-63-45(75)19-20-46(76)64-23-9-11-41(56(91)92)67-47(77)18-16-42(57(93)94)69-59(97)70-43(58(95)96)17-21-49(79)80/h12-15,39,41-44,50,81-82H,7-11,16-37H2,1-6H3,(H,63,75)(H,64,76)(H,65,89)(H,66,90)(H,67,77)(H,68,78)(H,79,80)(H,83,84)(H,85,86)(H,87,88)(H,91,92)(H,93,94)(H,95,96)(H2,69,70,97)/t39-,41-,42+,43+,44-/m1/s1. The summed E-state index contributed by atoms with van der Waals surface area (Å²) in [7, 11) is -3.73. The van der Waals surface area contributed by atoms with Gasteiger partial charge in [-0.25, -0.2) is 14.4 Å². The number of benzene rings is 1. The summed E-state index contributed by atoms with van der Waals surface area (Å²) >= 11 is 4.97. The highest BCUT2D eigenvalue weighted by atomic mass is 32.1. The molecule has 1 heterocycles. The second-order valence-electron chi connectivity index (χ2n) is 25.9. The molecule has 0 saturated carbocycles. The Morgan fingerprint density at radius 1 is 0.469 bits per heavy atom. The van der Waals surface area contributed by atoms with Gasteiger partial charge < -0.3 is 92.6 Å². The Hall–Kier alpha value is -8.07. The number of carboxylic acid groups (broad SMARTS) is 7. The van der Waals surface area contributed by atoms with Crippen LogP contribution in [0.15, 0.2) is 24.3 Å². The lowest BCUT2D eigenvalue weighted by Gasteiger charge is -2.44. The highest BCUT2D eigenvalue weighted by Crippen LogP contribution is 2.51.